The van der Waals surface area contributed by atoms with Crippen LogP contribution in [0.15, 0.2) is 10.2 Å². The van der Waals surface area contributed by atoms with E-state index in [0.29, 0.717) is 12.8 Å². The molecule has 0 saturated carbocycles. The highest BCUT2D eigenvalue weighted by molar-refractivity contribution is 14.1. The van der Waals surface area contributed by atoms with Gasteiger partial charge in [0.2, 0.25) is 0 Å². The summed E-state index contributed by atoms with van der Waals surface area (Å²) in [5.74, 6) is 0. The fourth-order valence-corrected chi connectivity index (χ4v) is 1.02. The second-order valence-electron chi connectivity index (χ2n) is 1.89. The zero-order chi connectivity index (χ0) is 7.28. The summed E-state index contributed by atoms with van der Waals surface area (Å²) in [5.41, 5.74) is 0. The van der Waals surface area contributed by atoms with Crippen LogP contribution < -0.4 is 0 Å². The maximum Gasteiger partial charge on any atom is 0.0606 e. The van der Waals surface area contributed by atoms with Crippen LogP contribution in [-0.4, -0.2) is 22.9 Å². The molecule has 3 heteroatoms. The molecule has 0 aliphatic carbocycles. The van der Waals surface area contributed by atoms with E-state index < -0.39 is 6.10 Å². The van der Waals surface area contributed by atoms with E-state index in [-0.39, 0.29) is 6.61 Å². The number of aliphatic hydroxyl groups is 2. The van der Waals surface area contributed by atoms with Gasteiger partial charge in [0.25, 0.3) is 0 Å². The molecule has 0 amide bonds. The molecule has 0 fully saturated rings. The Kier molecular flexibility index (Phi) is 5.42. The number of rotatable bonds is 4. The predicted molar refractivity (Wildman–Crippen MR) is 45.5 cm³/mol. The van der Waals surface area contributed by atoms with Gasteiger partial charge in [-0.25, -0.2) is 0 Å². The quantitative estimate of drug-likeness (QED) is 0.724. The molecular formula is C6H11IO2. The summed E-state index contributed by atoms with van der Waals surface area (Å²) in [6, 6.07) is 0. The van der Waals surface area contributed by atoms with E-state index in [1.807, 2.05) is 0 Å². The summed E-state index contributed by atoms with van der Waals surface area (Å²) in [4.78, 5) is 0. The summed E-state index contributed by atoms with van der Waals surface area (Å²) >= 11 is 2.06. The molecule has 0 aliphatic heterocycles. The van der Waals surface area contributed by atoms with Crippen LogP contribution in [0.4, 0.5) is 0 Å². The number of halogens is 1. The molecule has 0 radical (unpaired) electrons. The van der Waals surface area contributed by atoms with E-state index >= 15 is 0 Å². The molecule has 2 N–H and O–H groups in total. The SMILES string of the molecule is C=C(I)C[C@@H](O)CCO. The van der Waals surface area contributed by atoms with E-state index in [4.69, 9.17) is 10.2 Å². The normalized spacial score (nSPS) is 13.2. The van der Waals surface area contributed by atoms with Crippen LogP contribution in [0.2, 0.25) is 0 Å². The average Bonchev–Trinajstić information content (AvgIpc) is 1.63. The van der Waals surface area contributed by atoms with Crippen molar-refractivity contribution >= 4 is 22.6 Å². The molecule has 0 aliphatic rings. The number of hydrogen-bond acceptors (Lipinski definition) is 2. The Morgan fingerprint density at radius 2 is 2.22 bits per heavy atom. The van der Waals surface area contributed by atoms with Crippen LogP contribution >= 0.6 is 22.6 Å². The van der Waals surface area contributed by atoms with Crippen molar-refractivity contribution in [3.8, 4) is 0 Å². The van der Waals surface area contributed by atoms with Gasteiger partial charge in [-0.05, 0) is 32.6 Å². The van der Waals surface area contributed by atoms with Crippen LogP contribution in [0.25, 0.3) is 0 Å². The first-order valence-corrected chi connectivity index (χ1v) is 3.87. The van der Waals surface area contributed by atoms with Crippen molar-refractivity contribution in [2.24, 2.45) is 0 Å². The molecule has 0 heterocycles. The molecule has 0 saturated heterocycles. The Balaban J connectivity index is 3.26. The Morgan fingerprint density at radius 3 is 2.56 bits per heavy atom. The van der Waals surface area contributed by atoms with Crippen LogP contribution in [0.3, 0.4) is 0 Å². The molecule has 0 aromatic carbocycles. The molecule has 0 spiro atoms. The predicted octanol–water partition coefficient (Wildman–Crippen LogP) is 1.07. The van der Waals surface area contributed by atoms with E-state index in [1.54, 1.807) is 0 Å². The van der Waals surface area contributed by atoms with E-state index in [2.05, 4.69) is 29.2 Å². The molecule has 0 bridgehead atoms. The lowest BCUT2D eigenvalue weighted by Gasteiger charge is -2.05. The lowest BCUT2D eigenvalue weighted by atomic mass is 10.2. The van der Waals surface area contributed by atoms with E-state index in [0.717, 1.165) is 3.58 Å². The monoisotopic (exact) mass is 242 g/mol. The summed E-state index contributed by atoms with van der Waals surface area (Å²) in [6.07, 6.45) is 0.614. The van der Waals surface area contributed by atoms with Gasteiger partial charge in [-0.3, -0.25) is 0 Å². The van der Waals surface area contributed by atoms with E-state index in [1.165, 1.54) is 0 Å². The molecule has 0 aromatic rings. The van der Waals surface area contributed by atoms with Gasteiger partial charge < -0.3 is 10.2 Å². The highest BCUT2D eigenvalue weighted by Crippen LogP contribution is 2.11. The minimum Gasteiger partial charge on any atom is -0.396 e. The first-order chi connectivity index (χ1) is 4.16. The topological polar surface area (TPSA) is 40.5 Å². The standard InChI is InChI=1S/C6H11IO2/c1-5(7)4-6(9)2-3-8/h6,8-9H,1-4H2/t6-/m0/s1. The van der Waals surface area contributed by atoms with Crippen LogP contribution in [-0.2, 0) is 0 Å². The van der Waals surface area contributed by atoms with Gasteiger partial charge in [0.1, 0.15) is 0 Å². The van der Waals surface area contributed by atoms with Gasteiger partial charge >= 0.3 is 0 Å². The molecule has 0 aromatic heterocycles. The summed E-state index contributed by atoms with van der Waals surface area (Å²) < 4.78 is 0.925. The largest absolute Gasteiger partial charge is 0.396 e. The molecule has 0 unspecified atom stereocenters. The summed E-state index contributed by atoms with van der Waals surface area (Å²) in [7, 11) is 0. The minimum absolute atomic E-state index is 0.0467. The Morgan fingerprint density at radius 1 is 1.67 bits per heavy atom. The van der Waals surface area contributed by atoms with Crippen molar-refractivity contribution < 1.29 is 10.2 Å². The van der Waals surface area contributed by atoms with Gasteiger partial charge in [-0.15, -0.1) is 0 Å². The molecule has 0 rings (SSSR count). The second-order valence-corrected chi connectivity index (χ2v) is 3.41. The molecular weight excluding hydrogens is 231 g/mol. The third kappa shape index (κ3) is 6.27. The number of hydrogen-bond donors (Lipinski definition) is 2. The summed E-state index contributed by atoms with van der Waals surface area (Å²) in [6.45, 7) is 3.67. The first kappa shape index (κ1) is 9.39. The van der Waals surface area contributed by atoms with Gasteiger partial charge in [0.05, 0.1) is 6.10 Å². The highest BCUT2D eigenvalue weighted by atomic mass is 127. The number of aliphatic hydroxyl groups excluding tert-OH is 2. The molecule has 9 heavy (non-hydrogen) atoms. The van der Waals surface area contributed by atoms with Gasteiger partial charge in [-0.2, -0.15) is 0 Å². The van der Waals surface area contributed by atoms with Crippen molar-refractivity contribution in [1.82, 2.24) is 0 Å². The van der Waals surface area contributed by atoms with Crippen LogP contribution in [0.1, 0.15) is 12.8 Å². The van der Waals surface area contributed by atoms with Gasteiger partial charge in [0, 0.05) is 13.0 Å². The third-order valence-electron chi connectivity index (χ3n) is 0.919. The minimum atomic E-state index is -0.417. The van der Waals surface area contributed by atoms with Crippen molar-refractivity contribution in [1.29, 1.82) is 0 Å². The highest BCUT2D eigenvalue weighted by Gasteiger charge is 2.02. The lowest BCUT2D eigenvalue weighted by molar-refractivity contribution is 0.135. The van der Waals surface area contributed by atoms with Gasteiger partial charge in [0.15, 0.2) is 0 Å². The first-order valence-electron chi connectivity index (χ1n) is 2.79. The zero-order valence-electron chi connectivity index (χ0n) is 5.18. The lowest BCUT2D eigenvalue weighted by Crippen LogP contribution is -2.07. The third-order valence-corrected chi connectivity index (χ3v) is 1.36. The van der Waals surface area contributed by atoms with Crippen LogP contribution in [0.5, 0.6) is 0 Å². The maximum atomic E-state index is 8.99. The van der Waals surface area contributed by atoms with Crippen molar-refractivity contribution in [2.75, 3.05) is 6.61 Å². The Bertz CT molecular complexity index is 93.1. The maximum absolute atomic E-state index is 8.99. The van der Waals surface area contributed by atoms with Gasteiger partial charge in [-0.1, -0.05) is 6.58 Å². The second kappa shape index (κ2) is 5.20. The average molecular weight is 242 g/mol. The fourth-order valence-electron chi connectivity index (χ4n) is 0.507. The zero-order valence-corrected chi connectivity index (χ0v) is 7.34. The Labute approximate surface area is 68.7 Å². The van der Waals surface area contributed by atoms with Crippen molar-refractivity contribution in [3.63, 3.8) is 0 Å². The molecule has 2 nitrogen and oxygen atoms in total. The molecule has 1 atom stereocenters. The molecule has 54 valence electrons. The smallest absolute Gasteiger partial charge is 0.0606 e. The Hall–Kier alpha value is 0.390. The van der Waals surface area contributed by atoms with E-state index in [9.17, 15) is 0 Å². The van der Waals surface area contributed by atoms with Crippen LogP contribution in [0, 0.1) is 0 Å². The van der Waals surface area contributed by atoms with Crippen molar-refractivity contribution in [3.05, 3.63) is 10.2 Å². The summed E-state index contributed by atoms with van der Waals surface area (Å²) in [5, 5.41) is 17.4. The van der Waals surface area contributed by atoms with Crippen molar-refractivity contribution in [2.45, 2.75) is 18.9 Å². The fraction of sp³-hybridized carbons (Fsp3) is 0.667.